The molecule has 2 atom stereocenters. The van der Waals surface area contributed by atoms with Gasteiger partial charge in [-0.3, -0.25) is 0 Å². The Labute approximate surface area is 99.8 Å². The molecule has 0 aromatic heterocycles. The van der Waals surface area contributed by atoms with Crippen LogP contribution in [0.3, 0.4) is 0 Å². The molecule has 0 aliphatic rings. The van der Waals surface area contributed by atoms with Crippen LogP contribution in [-0.2, 0) is 0 Å². The van der Waals surface area contributed by atoms with Crippen LogP contribution >= 0.6 is 15.9 Å². The maximum Gasteiger partial charge on any atom is 0.0582 e. The molecular weight excluding hydrogens is 254 g/mol. The molecule has 1 aromatic rings. The van der Waals surface area contributed by atoms with Gasteiger partial charge >= 0.3 is 0 Å². The molecule has 0 aliphatic carbocycles. The van der Waals surface area contributed by atoms with Gasteiger partial charge in [0.1, 0.15) is 0 Å². The summed E-state index contributed by atoms with van der Waals surface area (Å²) in [6, 6.07) is 8.72. The monoisotopic (exact) mass is 271 g/mol. The molecule has 0 radical (unpaired) electrons. The van der Waals surface area contributed by atoms with Crippen LogP contribution in [0.5, 0.6) is 0 Å². The molecule has 1 aromatic carbocycles. The van der Waals surface area contributed by atoms with E-state index in [2.05, 4.69) is 40.3 Å². The van der Waals surface area contributed by atoms with E-state index >= 15 is 0 Å². The normalized spacial score (nSPS) is 14.9. The van der Waals surface area contributed by atoms with E-state index in [0.717, 1.165) is 10.9 Å². The first-order valence-corrected chi connectivity index (χ1v) is 6.09. The van der Waals surface area contributed by atoms with E-state index in [-0.39, 0.29) is 12.6 Å². The average Bonchev–Trinajstić information content (AvgIpc) is 2.25. The molecule has 0 saturated heterocycles. The van der Waals surface area contributed by atoms with Gasteiger partial charge in [0, 0.05) is 16.6 Å². The van der Waals surface area contributed by atoms with Crippen LogP contribution in [0.2, 0.25) is 0 Å². The highest BCUT2D eigenvalue weighted by molar-refractivity contribution is 9.10. The SMILES string of the molecule is CCC(N[C@H](C)CO)c1cccc(Br)c1. The van der Waals surface area contributed by atoms with Gasteiger partial charge in [0.2, 0.25) is 0 Å². The fourth-order valence-corrected chi connectivity index (χ4v) is 1.99. The lowest BCUT2D eigenvalue weighted by Crippen LogP contribution is -2.32. The number of aliphatic hydroxyl groups is 1. The molecule has 15 heavy (non-hydrogen) atoms. The molecule has 1 rings (SSSR count). The van der Waals surface area contributed by atoms with Gasteiger partial charge in [-0.15, -0.1) is 0 Å². The van der Waals surface area contributed by atoms with Gasteiger partial charge in [-0.1, -0.05) is 35.0 Å². The van der Waals surface area contributed by atoms with E-state index in [4.69, 9.17) is 5.11 Å². The zero-order valence-electron chi connectivity index (χ0n) is 9.20. The minimum Gasteiger partial charge on any atom is -0.395 e. The Morgan fingerprint density at radius 3 is 2.73 bits per heavy atom. The van der Waals surface area contributed by atoms with Crippen molar-refractivity contribution in [3.63, 3.8) is 0 Å². The number of hydrogen-bond donors (Lipinski definition) is 2. The lowest BCUT2D eigenvalue weighted by atomic mass is 10.0. The minimum absolute atomic E-state index is 0.133. The lowest BCUT2D eigenvalue weighted by Gasteiger charge is -2.21. The smallest absolute Gasteiger partial charge is 0.0582 e. The van der Waals surface area contributed by atoms with Crippen LogP contribution in [0.1, 0.15) is 31.9 Å². The fraction of sp³-hybridized carbons (Fsp3) is 0.500. The highest BCUT2D eigenvalue weighted by atomic mass is 79.9. The summed E-state index contributed by atoms with van der Waals surface area (Å²) >= 11 is 3.47. The third-order valence-electron chi connectivity index (χ3n) is 2.42. The van der Waals surface area contributed by atoms with Gasteiger partial charge in [-0.05, 0) is 31.0 Å². The van der Waals surface area contributed by atoms with Crippen LogP contribution in [-0.4, -0.2) is 17.8 Å². The average molecular weight is 272 g/mol. The van der Waals surface area contributed by atoms with Gasteiger partial charge in [0.05, 0.1) is 6.61 Å². The Bertz CT molecular complexity index is 303. The molecule has 0 bridgehead atoms. The maximum atomic E-state index is 9.01. The highest BCUT2D eigenvalue weighted by Gasteiger charge is 2.11. The number of hydrogen-bond acceptors (Lipinski definition) is 2. The van der Waals surface area contributed by atoms with E-state index in [1.54, 1.807) is 0 Å². The summed E-state index contributed by atoms with van der Waals surface area (Å²) in [4.78, 5) is 0. The van der Waals surface area contributed by atoms with E-state index in [1.807, 2.05) is 19.1 Å². The Balaban J connectivity index is 2.73. The molecule has 84 valence electrons. The number of halogens is 1. The standard InChI is InChI=1S/C12H18BrNO/c1-3-12(14-9(2)8-15)10-5-4-6-11(13)7-10/h4-7,9,12,14-15H,3,8H2,1-2H3/t9-,12?/m1/s1. The van der Waals surface area contributed by atoms with Gasteiger partial charge < -0.3 is 10.4 Å². The van der Waals surface area contributed by atoms with Gasteiger partial charge in [-0.2, -0.15) is 0 Å². The largest absolute Gasteiger partial charge is 0.395 e. The molecule has 3 heteroatoms. The van der Waals surface area contributed by atoms with Gasteiger partial charge in [0.15, 0.2) is 0 Å². The molecule has 2 N–H and O–H groups in total. The van der Waals surface area contributed by atoms with Crippen molar-refractivity contribution >= 4 is 15.9 Å². The Hall–Kier alpha value is -0.380. The predicted octanol–water partition coefficient (Wildman–Crippen LogP) is 2.87. The first-order valence-electron chi connectivity index (χ1n) is 5.29. The third-order valence-corrected chi connectivity index (χ3v) is 2.91. The maximum absolute atomic E-state index is 9.01. The summed E-state index contributed by atoms with van der Waals surface area (Å²) in [5, 5.41) is 12.4. The van der Waals surface area contributed by atoms with Crippen LogP contribution in [0.4, 0.5) is 0 Å². The molecule has 2 nitrogen and oxygen atoms in total. The Kier molecular flexibility index (Phi) is 5.29. The second-order valence-electron chi connectivity index (χ2n) is 3.77. The topological polar surface area (TPSA) is 32.3 Å². The van der Waals surface area contributed by atoms with Gasteiger partial charge in [0.25, 0.3) is 0 Å². The van der Waals surface area contributed by atoms with Crippen molar-refractivity contribution in [1.82, 2.24) is 5.32 Å². The van der Waals surface area contributed by atoms with Crippen molar-refractivity contribution in [3.05, 3.63) is 34.3 Å². The third kappa shape index (κ3) is 3.93. The summed E-state index contributed by atoms with van der Waals surface area (Å²) in [5.74, 6) is 0. The number of nitrogens with one attached hydrogen (secondary N) is 1. The summed E-state index contributed by atoms with van der Waals surface area (Å²) in [6.45, 7) is 4.30. The first kappa shape index (κ1) is 12.7. The Morgan fingerprint density at radius 1 is 1.47 bits per heavy atom. The second-order valence-corrected chi connectivity index (χ2v) is 4.68. The molecule has 0 heterocycles. The first-order chi connectivity index (χ1) is 7.17. The highest BCUT2D eigenvalue weighted by Crippen LogP contribution is 2.20. The summed E-state index contributed by atoms with van der Waals surface area (Å²) in [5.41, 5.74) is 1.26. The fourth-order valence-electron chi connectivity index (χ4n) is 1.57. The molecule has 0 amide bonds. The summed E-state index contributed by atoms with van der Waals surface area (Å²) in [7, 11) is 0. The molecule has 0 fully saturated rings. The summed E-state index contributed by atoms with van der Waals surface area (Å²) in [6.07, 6.45) is 1.01. The quantitative estimate of drug-likeness (QED) is 0.863. The molecule has 0 aliphatic heterocycles. The number of aliphatic hydroxyl groups excluding tert-OH is 1. The second kappa shape index (κ2) is 6.26. The van der Waals surface area contributed by atoms with E-state index < -0.39 is 0 Å². The van der Waals surface area contributed by atoms with Crippen molar-refractivity contribution in [2.75, 3.05) is 6.61 Å². The van der Waals surface area contributed by atoms with Crippen molar-refractivity contribution in [2.45, 2.75) is 32.4 Å². The number of rotatable bonds is 5. The van der Waals surface area contributed by atoms with Crippen LogP contribution < -0.4 is 5.32 Å². The van der Waals surface area contributed by atoms with E-state index in [1.165, 1.54) is 5.56 Å². The minimum atomic E-state index is 0.133. The summed E-state index contributed by atoms with van der Waals surface area (Å²) < 4.78 is 1.09. The van der Waals surface area contributed by atoms with Gasteiger partial charge in [-0.25, -0.2) is 0 Å². The van der Waals surface area contributed by atoms with Crippen LogP contribution in [0, 0.1) is 0 Å². The van der Waals surface area contributed by atoms with E-state index in [9.17, 15) is 0 Å². The van der Waals surface area contributed by atoms with Crippen LogP contribution in [0.15, 0.2) is 28.7 Å². The zero-order chi connectivity index (χ0) is 11.3. The van der Waals surface area contributed by atoms with E-state index in [0.29, 0.717) is 6.04 Å². The van der Waals surface area contributed by atoms with Crippen molar-refractivity contribution in [1.29, 1.82) is 0 Å². The van der Waals surface area contributed by atoms with Crippen molar-refractivity contribution in [2.24, 2.45) is 0 Å². The molecule has 0 spiro atoms. The predicted molar refractivity (Wildman–Crippen MR) is 66.9 cm³/mol. The molecule has 0 saturated carbocycles. The van der Waals surface area contributed by atoms with Crippen molar-refractivity contribution in [3.8, 4) is 0 Å². The lowest BCUT2D eigenvalue weighted by molar-refractivity contribution is 0.239. The van der Waals surface area contributed by atoms with Crippen molar-refractivity contribution < 1.29 is 5.11 Å². The van der Waals surface area contributed by atoms with Crippen LogP contribution in [0.25, 0.3) is 0 Å². The molecular formula is C12H18BrNO. The molecule has 1 unspecified atom stereocenters. The number of benzene rings is 1. The zero-order valence-corrected chi connectivity index (χ0v) is 10.8. The Morgan fingerprint density at radius 2 is 2.20 bits per heavy atom.